The molecule has 1 aliphatic heterocycles. The monoisotopic (exact) mass is 273 g/mol. The number of carbonyl (C=O) groups excluding carboxylic acids is 1. The van der Waals surface area contributed by atoms with E-state index >= 15 is 0 Å². The summed E-state index contributed by atoms with van der Waals surface area (Å²) in [6.45, 7) is 1.07. The van der Waals surface area contributed by atoms with E-state index in [1.165, 1.54) is 38.5 Å². The summed E-state index contributed by atoms with van der Waals surface area (Å²) in [5.41, 5.74) is 13.7. The second-order valence-electron chi connectivity index (χ2n) is 6.09. The van der Waals surface area contributed by atoms with Crippen LogP contribution in [0.1, 0.15) is 48.9 Å². The number of fused-ring (bicyclic) bond motifs is 1. The maximum Gasteiger partial charge on any atom is 0.248 e. The molecule has 4 heteroatoms. The predicted octanol–water partition coefficient (Wildman–Crippen LogP) is 2.53. The van der Waals surface area contributed by atoms with E-state index in [0.717, 1.165) is 18.2 Å². The van der Waals surface area contributed by atoms with Gasteiger partial charge >= 0.3 is 0 Å². The van der Waals surface area contributed by atoms with Gasteiger partial charge in [0.25, 0.3) is 0 Å². The van der Waals surface area contributed by atoms with Crippen LogP contribution in [0.5, 0.6) is 0 Å². The van der Waals surface area contributed by atoms with Gasteiger partial charge < -0.3 is 16.4 Å². The molecule has 20 heavy (non-hydrogen) atoms. The minimum Gasteiger partial charge on any atom is -0.397 e. The number of carbonyl (C=O) groups is 1. The number of hydrogen-bond acceptors (Lipinski definition) is 3. The maximum absolute atomic E-state index is 11.2. The molecule has 2 aliphatic rings. The first kappa shape index (κ1) is 13.3. The van der Waals surface area contributed by atoms with Crippen LogP contribution in [0.2, 0.25) is 0 Å². The average molecular weight is 273 g/mol. The molecular formula is C16H23N3O. The van der Waals surface area contributed by atoms with Crippen molar-refractivity contribution in [3.63, 3.8) is 0 Å². The van der Waals surface area contributed by atoms with Crippen LogP contribution in [-0.2, 0) is 0 Å². The molecule has 3 rings (SSSR count). The van der Waals surface area contributed by atoms with Crippen LogP contribution in [0.15, 0.2) is 18.2 Å². The van der Waals surface area contributed by atoms with E-state index in [1.54, 1.807) is 12.1 Å². The van der Waals surface area contributed by atoms with E-state index < -0.39 is 5.91 Å². The van der Waals surface area contributed by atoms with Crippen LogP contribution in [0.25, 0.3) is 0 Å². The van der Waals surface area contributed by atoms with E-state index in [2.05, 4.69) is 4.90 Å². The molecule has 0 aromatic heterocycles. The molecule has 0 bridgehead atoms. The van der Waals surface area contributed by atoms with Crippen LogP contribution in [0.4, 0.5) is 11.4 Å². The number of nitrogen functional groups attached to an aromatic ring is 1. The Morgan fingerprint density at radius 2 is 1.90 bits per heavy atom. The van der Waals surface area contributed by atoms with Crippen LogP contribution < -0.4 is 16.4 Å². The van der Waals surface area contributed by atoms with Crippen molar-refractivity contribution in [3.05, 3.63) is 23.8 Å². The molecule has 1 saturated heterocycles. The molecule has 1 aromatic carbocycles. The summed E-state index contributed by atoms with van der Waals surface area (Å²) in [6, 6.07) is 6.09. The summed E-state index contributed by atoms with van der Waals surface area (Å²) in [5.74, 6) is 0.394. The summed E-state index contributed by atoms with van der Waals surface area (Å²) < 4.78 is 0. The number of rotatable bonds is 2. The van der Waals surface area contributed by atoms with Gasteiger partial charge in [-0.1, -0.05) is 12.8 Å². The fourth-order valence-electron chi connectivity index (χ4n) is 3.89. The second kappa shape index (κ2) is 5.35. The van der Waals surface area contributed by atoms with Gasteiger partial charge in [-0.05, 0) is 49.8 Å². The first-order valence-electron chi connectivity index (χ1n) is 7.63. The number of nitrogens with two attached hydrogens (primary N) is 2. The standard InChI is InChI=1S/C16H23N3O/c17-13-10-12(16(18)20)7-8-15(13)19-9-3-5-11-4-1-2-6-14(11)19/h7-8,10-11,14H,1-6,9,17H2,(H2,18,20). The number of amides is 1. The number of anilines is 2. The number of piperidine rings is 1. The van der Waals surface area contributed by atoms with Gasteiger partial charge in [0.2, 0.25) is 5.91 Å². The fourth-order valence-corrected chi connectivity index (χ4v) is 3.89. The van der Waals surface area contributed by atoms with Crippen molar-refractivity contribution in [2.45, 2.75) is 44.6 Å². The molecule has 4 nitrogen and oxygen atoms in total. The van der Waals surface area contributed by atoms with Gasteiger partial charge in [-0.3, -0.25) is 4.79 Å². The molecule has 1 aliphatic carbocycles. The molecule has 2 atom stereocenters. The molecule has 1 amide bonds. The molecule has 2 unspecified atom stereocenters. The normalized spacial score (nSPS) is 26.1. The van der Waals surface area contributed by atoms with Crippen LogP contribution in [0, 0.1) is 5.92 Å². The Morgan fingerprint density at radius 3 is 2.65 bits per heavy atom. The van der Waals surface area contributed by atoms with E-state index in [9.17, 15) is 4.79 Å². The van der Waals surface area contributed by atoms with E-state index in [-0.39, 0.29) is 0 Å². The van der Waals surface area contributed by atoms with Gasteiger partial charge in [-0.2, -0.15) is 0 Å². The summed E-state index contributed by atoms with van der Waals surface area (Å²) in [5, 5.41) is 0. The highest BCUT2D eigenvalue weighted by Crippen LogP contribution is 2.39. The molecule has 0 spiro atoms. The van der Waals surface area contributed by atoms with E-state index in [1.807, 2.05) is 6.07 Å². The summed E-state index contributed by atoms with van der Waals surface area (Å²) in [7, 11) is 0. The van der Waals surface area contributed by atoms with Crippen molar-refractivity contribution < 1.29 is 4.79 Å². The third-order valence-electron chi connectivity index (χ3n) is 4.86. The van der Waals surface area contributed by atoms with Crippen LogP contribution >= 0.6 is 0 Å². The van der Waals surface area contributed by atoms with Crippen molar-refractivity contribution in [1.29, 1.82) is 0 Å². The second-order valence-corrected chi connectivity index (χ2v) is 6.09. The smallest absolute Gasteiger partial charge is 0.248 e. The number of primary amides is 1. The Morgan fingerprint density at radius 1 is 1.15 bits per heavy atom. The first-order valence-corrected chi connectivity index (χ1v) is 7.63. The highest BCUT2D eigenvalue weighted by atomic mass is 16.1. The highest BCUT2D eigenvalue weighted by Gasteiger charge is 2.33. The quantitative estimate of drug-likeness (QED) is 0.813. The highest BCUT2D eigenvalue weighted by molar-refractivity contribution is 5.95. The molecular weight excluding hydrogens is 250 g/mol. The topological polar surface area (TPSA) is 72.4 Å². The Hall–Kier alpha value is -1.71. The Kier molecular flexibility index (Phi) is 3.55. The minimum absolute atomic E-state index is 0.419. The molecule has 1 heterocycles. The number of nitrogens with zero attached hydrogens (tertiary/aromatic N) is 1. The lowest BCUT2D eigenvalue weighted by molar-refractivity contribution is 0.100. The van der Waals surface area contributed by atoms with Crippen LogP contribution in [0.3, 0.4) is 0 Å². The average Bonchev–Trinajstić information content (AvgIpc) is 2.46. The van der Waals surface area contributed by atoms with Gasteiger partial charge in [0.15, 0.2) is 0 Å². The first-order chi connectivity index (χ1) is 9.66. The molecule has 4 N–H and O–H groups in total. The van der Waals surface area contributed by atoms with Crippen molar-refractivity contribution in [2.75, 3.05) is 17.2 Å². The summed E-state index contributed by atoms with van der Waals surface area (Å²) >= 11 is 0. The lowest BCUT2D eigenvalue weighted by Crippen LogP contribution is -2.47. The summed E-state index contributed by atoms with van der Waals surface area (Å²) in [4.78, 5) is 13.7. The fraction of sp³-hybridized carbons (Fsp3) is 0.562. The lowest BCUT2D eigenvalue weighted by atomic mass is 9.78. The van der Waals surface area contributed by atoms with E-state index in [0.29, 0.717) is 17.3 Å². The largest absolute Gasteiger partial charge is 0.397 e. The zero-order valence-corrected chi connectivity index (χ0v) is 11.8. The van der Waals surface area contributed by atoms with Crippen molar-refractivity contribution in [2.24, 2.45) is 11.7 Å². The van der Waals surface area contributed by atoms with Gasteiger partial charge in [0, 0.05) is 18.2 Å². The van der Waals surface area contributed by atoms with Crippen LogP contribution in [-0.4, -0.2) is 18.5 Å². The van der Waals surface area contributed by atoms with Crippen molar-refractivity contribution in [1.82, 2.24) is 0 Å². The van der Waals surface area contributed by atoms with Gasteiger partial charge in [-0.15, -0.1) is 0 Å². The Balaban J connectivity index is 1.89. The third kappa shape index (κ3) is 2.35. The SMILES string of the molecule is NC(=O)c1ccc(N2CCCC3CCCCC32)c(N)c1. The number of benzene rings is 1. The van der Waals surface area contributed by atoms with Gasteiger partial charge in [0.05, 0.1) is 11.4 Å². The summed E-state index contributed by atoms with van der Waals surface area (Å²) in [6.07, 6.45) is 7.88. The lowest BCUT2D eigenvalue weighted by Gasteiger charge is -2.45. The van der Waals surface area contributed by atoms with Crippen molar-refractivity contribution in [3.8, 4) is 0 Å². The Labute approximate surface area is 120 Å². The maximum atomic E-state index is 11.2. The molecule has 1 saturated carbocycles. The molecule has 108 valence electrons. The minimum atomic E-state index is -0.419. The van der Waals surface area contributed by atoms with Crippen molar-refractivity contribution >= 4 is 17.3 Å². The molecule has 1 aromatic rings. The molecule has 2 fully saturated rings. The predicted molar refractivity (Wildman–Crippen MR) is 81.7 cm³/mol. The van der Waals surface area contributed by atoms with Gasteiger partial charge in [-0.25, -0.2) is 0 Å². The zero-order chi connectivity index (χ0) is 14.1. The Bertz CT molecular complexity index is 512. The van der Waals surface area contributed by atoms with Gasteiger partial charge in [0.1, 0.15) is 0 Å². The van der Waals surface area contributed by atoms with E-state index in [4.69, 9.17) is 11.5 Å². The third-order valence-corrected chi connectivity index (χ3v) is 4.86. The number of hydrogen-bond donors (Lipinski definition) is 2. The molecule has 0 radical (unpaired) electrons. The zero-order valence-electron chi connectivity index (χ0n) is 11.8.